The third-order valence-corrected chi connectivity index (χ3v) is 5.07. The molecule has 7 heteroatoms. The Bertz CT molecular complexity index is 1280. The van der Waals surface area contributed by atoms with E-state index in [1.807, 2.05) is 36.4 Å². The summed E-state index contributed by atoms with van der Waals surface area (Å²) < 4.78 is 24.9. The molecule has 31 heavy (non-hydrogen) atoms. The zero-order valence-electron chi connectivity index (χ0n) is 16.4. The third-order valence-electron chi connectivity index (χ3n) is 5.07. The van der Waals surface area contributed by atoms with Crippen molar-refractivity contribution in [1.29, 1.82) is 0 Å². The van der Waals surface area contributed by atoms with E-state index >= 15 is 0 Å². The number of fused-ring (bicyclic) bond motifs is 2. The van der Waals surface area contributed by atoms with Crippen molar-refractivity contribution in [2.24, 2.45) is 0 Å². The fourth-order valence-electron chi connectivity index (χ4n) is 3.54. The fourth-order valence-corrected chi connectivity index (χ4v) is 3.54. The van der Waals surface area contributed by atoms with Crippen molar-refractivity contribution in [2.45, 2.75) is 5.92 Å². The van der Waals surface area contributed by atoms with Crippen molar-refractivity contribution in [3.05, 3.63) is 89.9 Å². The van der Waals surface area contributed by atoms with E-state index in [0.29, 0.717) is 23.3 Å². The normalized spacial score (nSPS) is 14.7. The molecule has 0 saturated heterocycles. The Morgan fingerprint density at radius 1 is 1.03 bits per heavy atom. The lowest BCUT2D eigenvalue weighted by Crippen LogP contribution is -2.17. The molecule has 3 aromatic carbocycles. The highest BCUT2D eigenvalue weighted by atomic mass is 19.1. The Balaban J connectivity index is 1.42. The maximum Gasteiger partial charge on any atom is 0.360 e. The summed E-state index contributed by atoms with van der Waals surface area (Å²) in [6.45, 7) is 0.605. The van der Waals surface area contributed by atoms with E-state index in [4.69, 9.17) is 9.47 Å². The van der Waals surface area contributed by atoms with Crippen LogP contribution in [-0.4, -0.2) is 29.2 Å². The number of para-hydroxylation sites is 3. The number of ether oxygens (including phenoxy) is 2. The number of carbonyl (C=O) groups is 1. The molecule has 0 spiro atoms. The molecule has 1 N–H and O–H groups in total. The first kappa shape index (κ1) is 19.0. The number of rotatable bonds is 5. The van der Waals surface area contributed by atoms with Gasteiger partial charge >= 0.3 is 5.97 Å². The van der Waals surface area contributed by atoms with Crippen LogP contribution in [0.2, 0.25) is 0 Å². The highest BCUT2D eigenvalue weighted by Gasteiger charge is 2.26. The first-order valence-corrected chi connectivity index (χ1v) is 9.85. The molecule has 1 atom stereocenters. The Kier molecular flexibility index (Phi) is 4.92. The van der Waals surface area contributed by atoms with Gasteiger partial charge in [0, 0.05) is 11.3 Å². The van der Waals surface area contributed by atoms with Crippen molar-refractivity contribution in [3.63, 3.8) is 0 Å². The van der Waals surface area contributed by atoms with Gasteiger partial charge < -0.3 is 14.8 Å². The predicted molar refractivity (Wildman–Crippen MR) is 114 cm³/mol. The largest absolute Gasteiger partial charge is 0.493 e. The molecule has 0 bridgehead atoms. The molecule has 1 aliphatic heterocycles. The van der Waals surface area contributed by atoms with Crippen LogP contribution >= 0.6 is 0 Å². The second kappa shape index (κ2) is 8.02. The van der Waals surface area contributed by atoms with Gasteiger partial charge in [-0.2, -0.15) is 0 Å². The minimum Gasteiger partial charge on any atom is -0.493 e. The summed E-state index contributed by atoms with van der Waals surface area (Å²) in [4.78, 5) is 21.9. The molecule has 0 unspecified atom stereocenters. The first-order chi connectivity index (χ1) is 15.2. The molecule has 0 aliphatic carbocycles. The monoisotopic (exact) mass is 415 g/mol. The van der Waals surface area contributed by atoms with E-state index < -0.39 is 11.8 Å². The van der Waals surface area contributed by atoms with Gasteiger partial charge in [-0.25, -0.2) is 19.2 Å². The minimum atomic E-state index is -0.610. The Labute approximate surface area is 177 Å². The minimum absolute atomic E-state index is 0.0372. The maximum absolute atomic E-state index is 13.6. The van der Waals surface area contributed by atoms with Crippen LogP contribution in [0.3, 0.4) is 0 Å². The number of nitrogens with one attached hydrogen (secondary N) is 1. The van der Waals surface area contributed by atoms with Crippen LogP contribution in [0.5, 0.6) is 5.75 Å². The molecule has 0 fully saturated rings. The first-order valence-electron chi connectivity index (χ1n) is 9.85. The summed E-state index contributed by atoms with van der Waals surface area (Å²) in [5.41, 5.74) is 2.68. The lowest BCUT2D eigenvalue weighted by Gasteiger charge is -2.13. The van der Waals surface area contributed by atoms with Gasteiger partial charge in [0.2, 0.25) is 0 Å². The molecular formula is C24H18FN3O3. The van der Waals surface area contributed by atoms with Crippen LogP contribution in [-0.2, 0) is 4.74 Å². The maximum atomic E-state index is 13.6. The summed E-state index contributed by atoms with van der Waals surface area (Å²) in [5, 5.41) is 2.99. The van der Waals surface area contributed by atoms with E-state index in [9.17, 15) is 9.18 Å². The van der Waals surface area contributed by atoms with Gasteiger partial charge in [0.05, 0.1) is 23.6 Å². The Hall–Kier alpha value is -4.00. The number of hydrogen-bond acceptors (Lipinski definition) is 6. The van der Waals surface area contributed by atoms with Gasteiger partial charge in [0.1, 0.15) is 18.2 Å². The van der Waals surface area contributed by atoms with Crippen molar-refractivity contribution in [2.75, 3.05) is 18.5 Å². The molecule has 0 radical (unpaired) electrons. The van der Waals surface area contributed by atoms with Crippen molar-refractivity contribution < 1.29 is 18.7 Å². The van der Waals surface area contributed by atoms with Crippen LogP contribution in [0.25, 0.3) is 11.0 Å². The van der Waals surface area contributed by atoms with Crippen LogP contribution in [0.1, 0.15) is 22.0 Å². The van der Waals surface area contributed by atoms with Gasteiger partial charge in [-0.3, -0.25) is 0 Å². The lowest BCUT2D eigenvalue weighted by molar-refractivity contribution is 0.0465. The van der Waals surface area contributed by atoms with Gasteiger partial charge in [-0.15, -0.1) is 0 Å². The predicted octanol–water partition coefficient (Wildman–Crippen LogP) is 4.85. The van der Waals surface area contributed by atoms with E-state index in [-0.39, 0.29) is 24.0 Å². The van der Waals surface area contributed by atoms with Crippen molar-refractivity contribution in [1.82, 2.24) is 9.97 Å². The summed E-state index contributed by atoms with van der Waals surface area (Å²) in [7, 11) is 0. The molecule has 2 heterocycles. The molecule has 0 amide bonds. The van der Waals surface area contributed by atoms with Crippen LogP contribution < -0.4 is 10.1 Å². The number of aromatic nitrogens is 2. The molecule has 4 aromatic rings. The summed E-state index contributed by atoms with van der Waals surface area (Å²) >= 11 is 0. The standard InChI is InChI=1S/C24H18FN3O3/c25-16-6-5-7-17(12-16)26-23-22(27-19-9-2-3-10-20(19)28-23)24(29)31-14-15-13-30-21-11-4-1-8-18(15)21/h1-12,15H,13-14H2,(H,26,28)/t15-/m0/s1. The molecule has 1 aliphatic rings. The summed E-state index contributed by atoms with van der Waals surface area (Å²) in [6, 6.07) is 20.8. The van der Waals surface area contributed by atoms with Crippen molar-refractivity contribution >= 4 is 28.5 Å². The van der Waals surface area contributed by atoms with Gasteiger partial charge in [-0.05, 0) is 36.4 Å². The number of halogens is 1. The number of benzene rings is 3. The number of anilines is 2. The molecule has 1 aromatic heterocycles. The Morgan fingerprint density at radius 2 is 1.81 bits per heavy atom. The zero-order valence-corrected chi connectivity index (χ0v) is 16.4. The average Bonchev–Trinajstić information content (AvgIpc) is 3.20. The second-order valence-corrected chi connectivity index (χ2v) is 7.19. The quantitative estimate of drug-likeness (QED) is 0.470. The zero-order chi connectivity index (χ0) is 21.2. The van der Waals surface area contributed by atoms with E-state index in [0.717, 1.165) is 11.3 Å². The van der Waals surface area contributed by atoms with Crippen LogP contribution in [0, 0.1) is 5.82 Å². The van der Waals surface area contributed by atoms with E-state index in [2.05, 4.69) is 15.3 Å². The van der Waals surface area contributed by atoms with Crippen molar-refractivity contribution in [3.8, 4) is 5.75 Å². The number of esters is 1. The summed E-state index contributed by atoms with van der Waals surface area (Å²) in [6.07, 6.45) is 0. The van der Waals surface area contributed by atoms with Crippen LogP contribution in [0.15, 0.2) is 72.8 Å². The Morgan fingerprint density at radius 3 is 2.65 bits per heavy atom. The van der Waals surface area contributed by atoms with Gasteiger partial charge in [0.25, 0.3) is 0 Å². The van der Waals surface area contributed by atoms with Crippen LogP contribution in [0.4, 0.5) is 15.9 Å². The smallest absolute Gasteiger partial charge is 0.360 e. The number of nitrogens with zero attached hydrogens (tertiary/aromatic N) is 2. The average molecular weight is 415 g/mol. The third kappa shape index (κ3) is 3.90. The fraction of sp³-hybridized carbons (Fsp3) is 0.125. The highest BCUT2D eigenvalue weighted by molar-refractivity contribution is 5.96. The van der Waals surface area contributed by atoms with E-state index in [1.54, 1.807) is 24.3 Å². The number of hydrogen-bond donors (Lipinski definition) is 1. The van der Waals surface area contributed by atoms with Gasteiger partial charge in [-0.1, -0.05) is 36.4 Å². The lowest BCUT2D eigenvalue weighted by atomic mass is 10.0. The molecular weight excluding hydrogens is 397 g/mol. The molecule has 5 rings (SSSR count). The highest BCUT2D eigenvalue weighted by Crippen LogP contribution is 2.33. The summed E-state index contributed by atoms with van der Waals surface area (Å²) in [5.74, 6) is -0.0441. The SMILES string of the molecule is O=C(OC[C@@H]1COc2ccccc21)c1nc2ccccc2nc1Nc1cccc(F)c1. The topological polar surface area (TPSA) is 73.3 Å². The molecule has 154 valence electrons. The second-order valence-electron chi connectivity index (χ2n) is 7.19. The van der Waals surface area contributed by atoms with Gasteiger partial charge in [0.15, 0.2) is 11.5 Å². The number of carbonyl (C=O) groups excluding carboxylic acids is 1. The molecule has 6 nitrogen and oxygen atoms in total. The molecule has 0 saturated carbocycles. The van der Waals surface area contributed by atoms with E-state index in [1.165, 1.54) is 12.1 Å².